The molecule has 0 aromatic heterocycles. The van der Waals surface area contributed by atoms with Gasteiger partial charge in [0, 0.05) is 19.8 Å². The van der Waals surface area contributed by atoms with Crippen LogP contribution in [-0.2, 0) is 11.2 Å². The van der Waals surface area contributed by atoms with Gasteiger partial charge in [0.25, 0.3) is 0 Å². The maximum absolute atomic E-state index is 10.7. The van der Waals surface area contributed by atoms with Crippen LogP contribution in [0.4, 0.5) is 5.69 Å². The van der Waals surface area contributed by atoms with Gasteiger partial charge in [-0.3, -0.25) is 4.79 Å². The monoisotopic (exact) mass is 320 g/mol. The van der Waals surface area contributed by atoms with E-state index in [9.17, 15) is 4.79 Å². The van der Waals surface area contributed by atoms with Gasteiger partial charge >= 0.3 is 5.97 Å². The average molecular weight is 321 g/mol. The Morgan fingerprint density at radius 1 is 1.05 bits per heavy atom. The summed E-state index contributed by atoms with van der Waals surface area (Å²) in [5.41, 5.74) is 9.86. The standard InChI is InChI=1S/C17H20N2O2.ClH/c1-19(2)15-9-7-14(8-10-15)13-5-3-12(4-6-13)11-16(18)17(20)21;/h3-10,16H,11,18H2,1-2H3,(H,20,21);1H. The largest absolute Gasteiger partial charge is 0.480 e. The zero-order chi connectivity index (χ0) is 15.4. The van der Waals surface area contributed by atoms with E-state index in [1.165, 1.54) is 0 Å². The number of carboxylic acids is 1. The molecule has 1 unspecified atom stereocenters. The highest BCUT2D eigenvalue weighted by molar-refractivity contribution is 5.85. The van der Waals surface area contributed by atoms with Crippen LogP contribution in [0.1, 0.15) is 5.56 Å². The van der Waals surface area contributed by atoms with Crippen LogP contribution in [0.2, 0.25) is 0 Å². The number of nitrogens with zero attached hydrogens (tertiary/aromatic N) is 1. The van der Waals surface area contributed by atoms with Crippen LogP contribution in [0.3, 0.4) is 0 Å². The Bertz CT molecular complexity index is 610. The number of hydrogen-bond acceptors (Lipinski definition) is 3. The molecule has 0 aliphatic heterocycles. The molecule has 0 aliphatic carbocycles. The number of nitrogens with two attached hydrogens (primary N) is 1. The highest BCUT2D eigenvalue weighted by Gasteiger charge is 2.11. The van der Waals surface area contributed by atoms with Crippen LogP contribution in [0, 0.1) is 0 Å². The van der Waals surface area contributed by atoms with Gasteiger partial charge in [-0.25, -0.2) is 0 Å². The van der Waals surface area contributed by atoms with Crippen LogP contribution in [0.25, 0.3) is 11.1 Å². The molecule has 0 heterocycles. The van der Waals surface area contributed by atoms with E-state index in [0.29, 0.717) is 6.42 Å². The number of rotatable bonds is 5. The summed E-state index contributed by atoms with van der Waals surface area (Å²) in [6.45, 7) is 0. The second-order valence-electron chi connectivity index (χ2n) is 5.29. The summed E-state index contributed by atoms with van der Waals surface area (Å²) in [5, 5.41) is 8.82. The Morgan fingerprint density at radius 3 is 1.91 bits per heavy atom. The van der Waals surface area contributed by atoms with Crippen molar-refractivity contribution in [3.63, 3.8) is 0 Å². The van der Waals surface area contributed by atoms with Gasteiger partial charge in [0.2, 0.25) is 0 Å². The minimum absolute atomic E-state index is 0. The van der Waals surface area contributed by atoms with Gasteiger partial charge in [-0.1, -0.05) is 36.4 Å². The molecule has 2 aromatic rings. The second kappa shape index (κ2) is 7.82. The normalized spacial score (nSPS) is 11.4. The van der Waals surface area contributed by atoms with E-state index in [1.807, 2.05) is 38.4 Å². The summed E-state index contributed by atoms with van der Waals surface area (Å²) in [6.07, 6.45) is 0.342. The first-order valence-electron chi connectivity index (χ1n) is 6.82. The van der Waals surface area contributed by atoms with Crippen molar-refractivity contribution in [2.45, 2.75) is 12.5 Å². The zero-order valence-corrected chi connectivity index (χ0v) is 13.5. The lowest BCUT2D eigenvalue weighted by molar-refractivity contribution is -0.138. The summed E-state index contributed by atoms with van der Waals surface area (Å²) >= 11 is 0. The average Bonchev–Trinajstić information content (AvgIpc) is 2.48. The summed E-state index contributed by atoms with van der Waals surface area (Å²) in [5.74, 6) is -0.974. The smallest absolute Gasteiger partial charge is 0.320 e. The number of hydrogen-bond donors (Lipinski definition) is 2. The second-order valence-corrected chi connectivity index (χ2v) is 5.29. The fraction of sp³-hybridized carbons (Fsp3) is 0.235. The van der Waals surface area contributed by atoms with E-state index in [-0.39, 0.29) is 12.4 Å². The molecule has 22 heavy (non-hydrogen) atoms. The number of halogens is 1. The van der Waals surface area contributed by atoms with E-state index in [1.54, 1.807) is 0 Å². The van der Waals surface area contributed by atoms with E-state index in [2.05, 4.69) is 29.2 Å². The molecule has 0 amide bonds. The first kappa shape index (κ1) is 18.0. The summed E-state index contributed by atoms with van der Waals surface area (Å²) in [6, 6.07) is 15.3. The molecule has 0 saturated heterocycles. The molecule has 0 fully saturated rings. The first-order valence-corrected chi connectivity index (χ1v) is 6.82. The van der Waals surface area contributed by atoms with Gasteiger partial charge < -0.3 is 15.7 Å². The van der Waals surface area contributed by atoms with Crippen molar-refractivity contribution in [2.24, 2.45) is 5.73 Å². The molecule has 2 aromatic carbocycles. The SMILES string of the molecule is CN(C)c1ccc(-c2ccc(CC(N)C(=O)O)cc2)cc1.Cl. The molecule has 0 bridgehead atoms. The third kappa shape index (κ3) is 4.48. The van der Waals surface area contributed by atoms with Crippen molar-refractivity contribution < 1.29 is 9.90 Å². The van der Waals surface area contributed by atoms with Gasteiger partial charge in [-0.05, 0) is 35.2 Å². The van der Waals surface area contributed by atoms with E-state index in [0.717, 1.165) is 22.4 Å². The molecule has 4 nitrogen and oxygen atoms in total. The lowest BCUT2D eigenvalue weighted by Gasteiger charge is -2.13. The maximum atomic E-state index is 10.7. The molecule has 0 radical (unpaired) electrons. The molecule has 0 saturated carbocycles. The van der Waals surface area contributed by atoms with Crippen LogP contribution in [0.5, 0.6) is 0 Å². The summed E-state index contributed by atoms with van der Waals surface area (Å²) < 4.78 is 0. The minimum Gasteiger partial charge on any atom is -0.480 e. The zero-order valence-electron chi connectivity index (χ0n) is 12.7. The van der Waals surface area contributed by atoms with Crippen molar-refractivity contribution in [2.75, 3.05) is 19.0 Å². The highest BCUT2D eigenvalue weighted by atomic mass is 35.5. The first-order chi connectivity index (χ1) is 9.97. The number of anilines is 1. The van der Waals surface area contributed by atoms with Crippen LogP contribution < -0.4 is 10.6 Å². The Hall–Kier alpha value is -2.04. The van der Waals surface area contributed by atoms with E-state index >= 15 is 0 Å². The van der Waals surface area contributed by atoms with E-state index < -0.39 is 12.0 Å². The Morgan fingerprint density at radius 2 is 1.50 bits per heavy atom. The molecule has 5 heteroatoms. The Balaban J connectivity index is 0.00000242. The van der Waals surface area contributed by atoms with Crippen LogP contribution in [0.15, 0.2) is 48.5 Å². The fourth-order valence-corrected chi connectivity index (χ4v) is 2.13. The van der Waals surface area contributed by atoms with Crippen LogP contribution in [-0.4, -0.2) is 31.2 Å². The number of aliphatic carboxylic acids is 1. The number of carboxylic acid groups (broad SMARTS) is 1. The lowest BCUT2D eigenvalue weighted by atomic mass is 10.0. The molecular formula is C17H21ClN2O2. The predicted octanol–water partition coefficient (Wildman–Crippen LogP) is 2.80. The highest BCUT2D eigenvalue weighted by Crippen LogP contribution is 2.23. The van der Waals surface area contributed by atoms with Gasteiger partial charge in [-0.2, -0.15) is 0 Å². The van der Waals surface area contributed by atoms with Crippen molar-refractivity contribution in [3.8, 4) is 11.1 Å². The quantitative estimate of drug-likeness (QED) is 0.889. The van der Waals surface area contributed by atoms with E-state index in [4.69, 9.17) is 10.8 Å². The van der Waals surface area contributed by atoms with Crippen molar-refractivity contribution in [1.29, 1.82) is 0 Å². The third-order valence-corrected chi connectivity index (χ3v) is 3.44. The molecule has 2 rings (SSSR count). The van der Waals surface area contributed by atoms with Gasteiger partial charge in [0.1, 0.15) is 6.04 Å². The predicted molar refractivity (Wildman–Crippen MR) is 92.8 cm³/mol. The third-order valence-electron chi connectivity index (χ3n) is 3.44. The molecule has 0 aliphatic rings. The molecule has 3 N–H and O–H groups in total. The molecule has 118 valence electrons. The van der Waals surface area contributed by atoms with Gasteiger partial charge in [0.05, 0.1) is 0 Å². The van der Waals surface area contributed by atoms with Crippen molar-refractivity contribution in [1.82, 2.24) is 0 Å². The Labute approximate surface area is 137 Å². The number of benzene rings is 2. The topological polar surface area (TPSA) is 66.6 Å². The van der Waals surface area contributed by atoms with Crippen LogP contribution >= 0.6 is 12.4 Å². The van der Waals surface area contributed by atoms with Gasteiger partial charge in [-0.15, -0.1) is 12.4 Å². The van der Waals surface area contributed by atoms with Crippen molar-refractivity contribution >= 4 is 24.1 Å². The minimum atomic E-state index is -0.974. The molecular weight excluding hydrogens is 300 g/mol. The van der Waals surface area contributed by atoms with Gasteiger partial charge in [0.15, 0.2) is 0 Å². The lowest BCUT2D eigenvalue weighted by Crippen LogP contribution is -2.32. The number of carbonyl (C=O) groups is 1. The summed E-state index contributed by atoms with van der Waals surface area (Å²) in [7, 11) is 4.02. The summed E-state index contributed by atoms with van der Waals surface area (Å²) in [4.78, 5) is 12.8. The fourth-order valence-electron chi connectivity index (χ4n) is 2.13. The molecule has 0 spiro atoms. The maximum Gasteiger partial charge on any atom is 0.320 e. The molecule has 1 atom stereocenters. The van der Waals surface area contributed by atoms with Crippen molar-refractivity contribution in [3.05, 3.63) is 54.1 Å². The Kier molecular flexibility index (Phi) is 6.40.